The Morgan fingerprint density at radius 2 is 2.14 bits per heavy atom. The molecule has 1 aromatic carbocycles. The third kappa shape index (κ3) is 1.25. The fourth-order valence-corrected chi connectivity index (χ4v) is 1.55. The molecule has 0 aliphatic carbocycles. The SMILES string of the molecule is COc1cccc2[nH]cc(C(O)O)c12. The van der Waals surface area contributed by atoms with E-state index in [4.69, 9.17) is 14.9 Å². The zero-order valence-corrected chi connectivity index (χ0v) is 7.69. The highest BCUT2D eigenvalue weighted by Gasteiger charge is 2.13. The molecule has 2 aromatic rings. The molecule has 0 aliphatic rings. The largest absolute Gasteiger partial charge is 0.496 e. The van der Waals surface area contributed by atoms with E-state index >= 15 is 0 Å². The van der Waals surface area contributed by atoms with Crippen LogP contribution >= 0.6 is 0 Å². The third-order valence-corrected chi connectivity index (χ3v) is 2.20. The molecule has 0 radical (unpaired) electrons. The molecule has 1 heterocycles. The van der Waals surface area contributed by atoms with Crippen molar-refractivity contribution in [2.75, 3.05) is 7.11 Å². The number of aromatic nitrogens is 1. The summed E-state index contributed by atoms with van der Waals surface area (Å²) >= 11 is 0. The van der Waals surface area contributed by atoms with Gasteiger partial charge >= 0.3 is 0 Å². The Hall–Kier alpha value is -1.52. The van der Waals surface area contributed by atoms with Gasteiger partial charge in [0, 0.05) is 22.7 Å². The maximum absolute atomic E-state index is 9.11. The monoisotopic (exact) mass is 193 g/mol. The molecule has 4 nitrogen and oxygen atoms in total. The molecule has 0 bridgehead atoms. The first-order chi connectivity index (χ1) is 6.74. The lowest BCUT2D eigenvalue weighted by Gasteiger charge is -2.05. The number of rotatable bonds is 2. The zero-order chi connectivity index (χ0) is 10.1. The third-order valence-electron chi connectivity index (χ3n) is 2.20. The van der Waals surface area contributed by atoms with E-state index in [1.807, 2.05) is 12.1 Å². The Kier molecular flexibility index (Phi) is 2.15. The number of benzene rings is 1. The number of hydrogen-bond donors (Lipinski definition) is 3. The minimum Gasteiger partial charge on any atom is -0.496 e. The fraction of sp³-hybridized carbons (Fsp3) is 0.200. The van der Waals surface area contributed by atoms with Gasteiger partial charge in [0.25, 0.3) is 0 Å². The molecule has 0 atom stereocenters. The lowest BCUT2D eigenvalue weighted by atomic mass is 10.1. The van der Waals surface area contributed by atoms with Gasteiger partial charge < -0.3 is 19.9 Å². The first-order valence-corrected chi connectivity index (χ1v) is 4.24. The molecule has 2 rings (SSSR count). The Labute approximate surface area is 80.8 Å². The number of ether oxygens (including phenoxy) is 1. The van der Waals surface area contributed by atoms with Crippen LogP contribution in [0.2, 0.25) is 0 Å². The molecule has 14 heavy (non-hydrogen) atoms. The molecule has 1 aromatic heterocycles. The number of methoxy groups -OCH3 is 1. The van der Waals surface area contributed by atoms with Crippen molar-refractivity contribution in [1.29, 1.82) is 0 Å². The standard InChI is InChI=1S/C10H11NO3/c1-14-8-4-2-3-7-9(8)6(5-11-7)10(12)13/h2-5,10-13H,1H3. The predicted molar refractivity (Wildman–Crippen MR) is 52.0 cm³/mol. The quantitative estimate of drug-likeness (QED) is 0.627. The molecule has 0 spiro atoms. The molecule has 3 N–H and O–H groups in total. The summed E-state index contributed by atoms with van der Waals surface area (Å²) in [5, 5.41) is 18.9. The maximum Gasteiger partial charge on any atom is 0.180 e. The lowest BCUT2D eigenvalue weighted by molar-refractivity contribution is -0.0413. The van der Waals surface area contributed by atoms with Crippen molar-refractivity contribution in [3.05, 3.63) is 30.0 Å². The predicted octanol–water partition coefficient (Wildman–Crippen LogP) is 1.16. The van der Waals surface area contributed by atoms with Crippen molar-refractivity contribution in [3.63, 3.8) is 0 Å². The van der Waals surface area contributed by atoms with E-state index in [-0.39, 0.29) is 0 Å². The van der Waals surface area contributed by atoms with Crippen molar-refractivity contribution < 1.29 is 14.9 Å². The molecule has 0 fully saturated rings. The van der Waals surface area contributed by atoms with Crippen LogP contribution in [-0.2, 0) is 0 Å². The van der Waals surface area contributed by atoms with Gasteiger partial charge in [-0.2, -0.15) is 0 Å². The summed E-state index contributed by atoms with van der Waals surface area (Å²) in [5.41, 5.74) is 1.25. The molecule has 0 aliphatic heterocycles. The number of fused-ring (bicyclic) bond motifs is 1. The van der Waals surface area contributed by atoms with E-state index in [9.17, 15) is 0 Å². The second-order valence-corrected chi connectivity index (χ2v) is 3.00. The van der Waals surface area contributed by atoms with E-state index in [0.29, 0.717) is 16.7 Å². The van der Waals surface area contributed by atoms with Gasteiger partial charge in [-0.25, -0.2) is 0 Å². The second-order valence-electron chi connectivity index (χ2n) is 3.00. The van der Waals surface area contributed by atoms with E-state index in [1.165, 1.54) is 0 Å². The smallest absolute Gasteiger partial charge is 0.180 e. The summed E-state index contributed by atoms with van der Waals surface area (Å²) in [7, 11) is 1.55. The van der Waals surface area contributed by atoms with Crippen LogP contribution in [0.3, 0.4) is 0 Å². The molecule has 4 heteroatoms. The highest BCUT2D eigenvalue weighted by atomic mass is 16.5. The van der Waals surface area contributed by atoms with E-state index in [0.717, 1.165) is 5.52 Å². The molecular weight excluding hydrogens is 182 g/mol. The van der Waals surface area contributed by atoms with Crippen LogP contribution in [0.15, 0.2) is 24.4 Å². The Morgan fingerprint density at radius 1 is 1.36 bits per heavy atom. The molecule has 0 saturated carbocycles. The van der Waals surface area contributed by atoms with Gasteiger partial charge in [0.2, 0.25) is 0 Å². The normalized spacial score (nSPS) is 11.1. The van der Waals surface area contributed by atoms with Crippen molar-refractivity contribution in [2.45, 2.75) is 6.29 Å². The number of hydrogen-bond acceptors (Lipinski definition) is 3. The number of aromatic amines is 1. The van der Waals surface area contributed by atoms with Gasteiger partial charge in [-0.1, -0.05) is 6.07 Å². The van der Waals surface area contributed by atoms with Gasteiger partial charge in [-0.15, -0.1) is 0 Å². The van der Waals surface area contributed by atoms with Gasteiger partial charge in [-0.05, 0) is 12.1 Å². The van der Waals surface area contributed by atoms with Crippen LogP contribution in [0.5, 0.6) is 5.75 Å². The van der Waals surface area contributed by atoms with E-state index in [1.54, 1.807) is 19.4 Å². The topological polar surface area (TPSA) is 65.5 Å². The van der Waals surface area contributed by atoms with Gasteiger partial charge in [0.15, 0.2) is 6.29 Å². The van der Waals surface area contributed by atoms with Crippen molar-refractivity contribution in [3.8, 4) is 5.75 Å². The average Bonchev–Trinajstić information content (AvgIpc) is 2.60. The summed E-state index contributed by atoms with van der Waals surface area (Å²) in [4.78, 5) is 2.94. The van der Waals surface area contributed by atoms with Gasteiger partial charge in [0.05, 0.1) is 7.11 Å². The zero-order valence-electron chi connectivity index (χ0n) is 7.69. The highest BCUT2D eigenvalue weighted by molar-refractivity contribution is 5.89. The van der Waals surface area contributed by atoms with Crippen LogP contribution in [0.4, 0.5) is 0 Å². The summed E-state index contributed by atoms with van der Waals surface area (Å²) < 4.78 is 5.13. The van der Waals surface area contributed by atoms with Crippen molar-refractivity contribution in [1.82, 2.24) is 4.98 Å². The van der Waals surface area contributed by atoms with Crippen LogP contribution in [0, 0.1) is 0 Å². The number of nitrogens with one attached hydrogen (secondary N) is 1. The average molecular weight is 193 g/mol. The van der Waals surface area contributed by atoms with Gasteiger partial charge in [0.1, 0.15) is 5.75 Å². The Morgan fingerprint density at radius 3 is 2.79 bits per heavy atom. The minimum absolute atomic E-state index is 0.428. The van der Waals surface area contributed by atoms with Crippen molar-refractivity contribution >= 4 is 10.9 Å². The first-order valence-electron chi connectivity index (χ1n) is 4.24. The molecule has 74 valence electrons. The Balaban J connectivity index is 2.74. The second kappa shape index (κ2) is 3.32. The van der Waals surface area contributed by atoms with Crippen molar-refractivity contribution in [2.24, 2.45) is 0 Å². The summed E-state index contributed by atoms with van der Waals surface area (Å²) in [6.07, 6.45) is 0.0812. The lowest BCUT2D eigenvalue weighted by Crippen LogP contribution is -1.94. The fourth-order valence-electron chi connectivity index (χ4n) is 1.55. The van der Waals surface area contributed by atoms with E-state index in [2.05, 4.69) is 4.98 Å². The number of aliphatic hydroxyl groups is 2. The summed E-state index contributed by atoms with van der Waals surface area (Å²) in [5.74, 6) is 0.631. The van der Waals surface area contributed by atoms with Crippen LogP contribution < -0.4 is 4.74 Å². The number of aliphatic hydroxyl groups excluding tert-OH is 1. The van der Waals surface area contributed by atoms with Gasteiger partial charge in [-0.3, -0.25) is 0 Å². The number of H-pyrrole nitrogens is 1. The molecular formula is C10H11NO3. The van der Waals surface area contributed by atoms with E-state index < -0.39 is 6.29 Å². The minimum atomic E-state index is -1.49. The van der Waals surface area contributed by atoms with Crippen LogP contribution in [0.25, 0.3) is 10.9 Å². The highest BCUT2D eigenvalue weighted by Crippen LogP contribution is 2.30. The van der Waals surface area contributed by atoms with Crippen LogP contribution in [0.1, 0.15) is 11.9 Å². The molecule has 0 amide bonds. The molecule has 0 unspecified atom stereocenters. The Bertz CT molecular complexity index is 448. The maximum atomic E-state index is 9.11. The first kappa shape index (κ1) is 9.05. The van der Waals surface area contributed by atoms with Crippen LogP contribution in [-0.4, -0.2) is 22.3 Å². The summed E-state index contributed by atoms with van der Waals surface area (Å²) in [6, 6.07) is 5.47. The molecule has 0 saturated heterocycles. The summed E-state index contributed by atoms with van der Waals surface area (Å²) in [6.45, 7) is 0.